The van der Waals surface area contributed by atoms with E-state index in [-0.39, 0.29) is 18.4 Å². The van der Waals surface area contributed by atoms with Crippen molar-refractivity contribution in [1.82, 2.24) is 0 Å². The summed E-state index contributed by atoms with van der Waals surface area (Å²) in [7, 11) is 0. The Bertz CT molecular complexity index is 959. The van der Waals surface area contributed by atoms with Crippen LogP contribution in [0, 0.1) is 5.41 Å². The number of nitrogens with zero attached hydrogens (tertiary/aromatic N) is 1. The maximum Gasteiger partial charge on any atom is 0.257 e. The highest BCUT2D eigenvalue weighted by molar-refractivity contribution is 9.10. The average molecular weight is 464 g/mol. The SMILES string of the molecule is C=CCN1C(=O)C(C)(C)COc2ccc(NC(=O)c3cc(Br)ccc3Cl)cc21. The van der Waals surface area contributed by atoms with Gasteiger partial charge in [-0.05, 0) is 50.2 Å². The second kappa shape index (κ2) is 7.97. The molecule has 0 fully saturated rings. The van der Waals surface area contributed by atoms with Crippen LogP contribution in [0.15, 0.2) is 53.5 Å². The summed E-state index contributed by atoms with van der Waals surface area (Å²) in [5.74, 6) is 0.173. The van der Waals surface area contributed by atoms with Crippen LogP contribution in [0.3, 0.4) is 0 Å². The van der Waals surface area contributed by atoms with E-state index in [1.807, 2.05) is 13.8 Å². The zero-order valence-electron chi connectivity index (χ0n) is 15.6. The Morgan fingerprint density at radius 2 is 2.11 bits per heavy atom. The predicted octanol–water partition coefficient (Wildman–Crippen LogP) is 5.29. The molecule has 146 valence electrons. The summed E-state index contributed by atoms with van der Waals surface area (Å²) in [6.07, 6.45) is 1.66. The maximum absolute atomic E-state index is 12.9. The van der Waals surface area contributed by atoms with Crippen molar-refractivity contribution in [3.8, 4) is 5.75 Å². The first kappa shape index (κ1) is 20.4. The molecule has 3 rings (SSSR count). The molecule has 0 saturated carbocycles. The highest BCUT2D eigenvalue weighted by Gasteiger charge is 2.37. The fraction of sp³-hybridized carbons (Fsp3) is 0.238. The first-order chi connectivity index (χ1) is 13.2. The molecule has 0 spiro atoms. The minimum absolute atomic E-state index is 0.0651. The molecule has 1 N–H and O–H groups in total. The molecule has 0 saturated heterocycles. The van der Waals surface area contributed by atoms with Crippen molar-refractivity contribution in [2.45, 2.75) is 13.8 Å². The average Bonchev–Trinajstić information content (AvgIpc) is 2.74. The zero-order chi connectivity index (χ0) is 20.5. The van der Waals surface area contributed by atoms with E-state index in [2.05, 4.69) is 27.8 Å². The van der Waals surface area contributed by atoms with Gasteiger partial charge in [0, 0.05) is 16.7 Å². The zero-order valence-corrected chi connectivity index (χ0v) is 17.9. The summed E-state index contributed by atoms with van der Waals surface area (Å²) in [6, 6.07) is 10.3. The van der Waals surface area contributed by atoms with Crippen LogP contribution >= 0.6 is 27.5 Å². The van der Waals surface area contributed by atoms with Gasteiger partial charge in [-0.15, -0.1) is 6.58 Å². The van der Waals surface area contributed by atoms with Crippen molar-refractivity contribution in [2.75, 3.05) is 23.4 Å². The van der Waals surface area contributed by atoms with Gasteiger partial charge in [0.2, 0.25) is 5.91 Å². The number of benzene rings is 2. The van der Waals surface area contributed by atoms with Crippen molar-refractivity contribution in [2.24, 2.45) is 5.41 Å². The third-order valence-electron chi connectivity index (χ3n) is 4.40. The standard InChI is InChI=1S/C21H20BrClN2O3/c1-4-9-25-17-11-14(6-8-18(17)28-12-21(2,3)20(25)27)24-19(26)15-10-13(22)5-7-16(15)23/h4-8,10-11H,1,9,12H2,2-3H3,(H,24,26). The van der Waals surface area contributed by atoms with Crippen LogP contribution in [-0.4, -0.2) is 25.0 Å². The molecule has 0 unspecified atom stereocenters. The molecule has 0 aromatic heterocycles. The normalized spacial score (nSPS) is 15.3. The largest absolute Gasteiger partial charge is 0.490 e. The quantitative estimate of drug-likeness (QED) is 0.627. The van der Waals surface area contributed by atoms with Crippen LogP contribution in [0.5, 0.6) is 5.75 Å². The fourth-order valence-electron chi connectivity index (χ4n) is 2.90. The minimum Gasteiger partial charge on any atom is -0.490 e. The highest BCUT2D eigenvalue weighted by Crippen LogP contribution is 2.38. The summed E-state index contributed by atoms with van der Waals surface area (Å²) in [5, 5.41) is 3.18. The van der Waals surface area contributed by atoms with Crippen LogP contribution in [0.1, 0.15) is 24.2 Å². The van der Waals surface area contributed by atoms with Crippen molar-refractivity contribution >= 4 is 50.7 Å². The fourth-order valence-corrected chi connectivity index (χ4v) is 3.47. The molecule has 0 aliphatic carbocycles. The molecule has 2 amide bonds. The van der Waals surface area contributed by atoms with E-state index in [4.69, 9.17) is 16.3 Å². The molecule has 1 aliphatic heterocycles. The van der Waals surface area contributed by atoms with Crippen LogP contribution in [0.25, 0.3) is 0 Å². The number of ether oxygens (including phenoxy) is 1. The number of hydrogen-bond acceptors (Lipinski definition) is 3. The monoisotopic (exact) mass is 462 g/mol. The van der Waals surface area contributed by atoms with Gasteiger partial charge in [-0.25, -0.2) is 0 Å². The number of halogens is 2. The minimum atomic E-state index is -0.671. The van der Waals surface area contributed by atoms with E-state index in [9.17, 15) is 9.59 Å². The Hall–Kier alpha value is -2.31. The van der Waals surface area contributed by atoms with Crippen molar-refractivity contribution in [3.63, 3.8) is 0 Å². The van der Waals surface area contributed by atoms with Crippen molar-refractivity contribution < 1.29 is 14.3 Å². The summed E-state index contributed by atoms with van der Waals surface area (Å²) in [4.78, 5) is 27.2. The molecule has 0 radical (unpaired) electrons. The Morgan fingerprint density at radius 1 is 1.36 bits per heavy atom. The summed E-state index contributed by atoms with van der Waals surface area (Å²) in [6.45, 7) is 8.04. The van der Waals surface area contributed by atoms with Gasteiger partial charge >= 0.3 is 0 Å². The molecule has 7 heteroatoms. The number of anilines is 2. The number of rotatable bonds is 4. The van der Waals surface area contributed by atoms with Crippen LogP contribution in [0.2, 0.25) is 5.02 Å². The maximum atomic E-state index is 12.9. The Balaban J connectivity index is 1.95. The molecule has 28 heavy (non-hydrogen) atoms. The van der Waals surface area contributed by atoms with Gasteiger partial charge in [0.15, 0.2) is 0 Å². The topological polar surface area (TPSA) is 58.6 Å². The van der Waals surface area contributed by atoms with Gasteiger partial charge in [0.05, 0.1) is 21.7 Å². The summed E-state index contributed by atoms with van der Waals surface area (Å²) < 4.78 is 6.61. The number of carbonyl (C=O) groups excluding carboxylic acids is 2. The Kier molecular flexibility index (Phi) is 5.82. The summed E-state index contributed by atoms with van der Waals surface area (Å²) in [5.41, 5.74) is 0.802. The molecule has 1 aliphatic rings. The Labute approximate surface area is 177 Å². The van der Waals surface area contributed by atoms with Crippen LogP contribution in [0.4, 0.5) is 11.4 Å². The van der Waals surface area contributed by atoms with E-state index >= 15 is 0 Å². The second-order valence-electron chi connectivity index (χ2n) is 7.14. The molecular formula is C21H20BrClN2O3. The van der Waals surface area contributed by atoms with Crippen molar-refractivity contribution in [3.05, 3.63) is 64.1 Å². The molecule has 1 heterocycles. The molecular weight excluding hydrogens is 444 g/mol. The van der Waals surface area contributed by atoms with Gasteiger partial charge in [0.1, 0.15) is 12.4 Å². The lowest BCUT2D eigenvalue weighted by atomic mass is 9.93. The number of nitrogens with one attached hydrogen (secondary N) is 1. The lowest BCUT2D eigenvalue weighted by Gasteiger charge is -2.27. The number of fused-ring (bicyclic) bond motifs is 1. The van der Waals surface area contributed by atoms with E-state index in [1.54, 1.807) is 47.4 Å². The predicted molar refractivity (Wildman–Crippen MR) is 115 cm³/mol. The van der Waals surface area contributed by atoms with Gasteiger partial charge in [-0.3, -0.25) is 9.59 Å². The molecule has 0 atom stereocenters. The highest BCUT2D eigenvalue weighted by atomic mass is 79.9. The second-order valence-corrected chi connectivity index (χ2v) is 8.46. The van der Waals surface area contributed by atoms with Gasteiger partial charge < -0.3 is 15.0 Å². The summed E-state index contributed by atoms with van der Waals surface area (Å²) >= 11 is 9.49. The molecule has 2 aromatic rings. The van der Waals surface area contributed by atoms with E-state index in [0.29, 0.717) is 34.3 Å². The van der Waals surface area contributed by atoms with Crippen molar-refractivity contribution in [1.29, 1.82) is 0 Å². The Morgan fingerprint density at radius 3 is 2.82 bits per heavy atom. The number of hydrogen-bond donors (Lipinski definition) is 1. The first-order valence-electron chi connectivity index (χ1n) is 8.69. The van der Waals surface area contributed by atoms with E-state index in [1.165, 1.54) is 0 Å². The van der Waals surface area contributed by atoms with Crippen LogP contribution < -0.4 is 15.0 Å². The third-order valence-corrected chi connectivity index (χ3v) is 5.23. The lowest BCUT2D eigenvalue weighted by Crippen LogP contribution is -2.42. The molecule has 0 bridgehead atoms. The van der Waals surface area contributed by atoms with Gasteiger partial charge in [0.25, 0.3) is 5.91 Å². The number of amides is 2. The smallest absolute Gasteiger partial charge is 0.257 e. The van der Waals surface area contributed by atoms with E-state index in [0.717, 1.165) is 4.47 Å². The van der Waals surface area contributed by atoms with Gasteiger partial charge in [-0.2, -0.15) is 0 Å². The van der Waals surface area contributed by atoms with Gasteiger partial charge in [-0.1, -0.05) is 33.6 Å². The molecule has 2 aromatic carbocycles. The third kappa shape index (κ3) is 4.08. The first-order valence-corrected chi connectivity index (χ1v) is 9.86. The lowest BCUT2D eigenvalue weighted by molar-refractivity contribution is -0.127. The number of carbonyl (C=O) groups is 2. The van der Waals surface area contributed by atoms with E-state index < -0.39 is 5.41 Å². The van der Waals surface area contributed by atoms with Crippen LogP contribution in [-0.2, 0) is 4.79 Å². The molecule has 5 nitrogen and oxygen atoms in total.